The third-order valence-corrected chi connectivity index (χ3v) is 8.47. The molecular weight excluding hydrogens is 263 g/mol. The van der Waals surface area contributed by atoms with Crippen molar-refractivity contribution in [2.75, 3.05) is 0 Å². The van der Waals surface area contributed by atoms with Crippen LogP contribution in [0.25, 0.3) is 0 Å². The highest BCUT2D eigenvalue weighted by molar-refractivity contribution is 5.09. The quantitative estimate of drug-likeness (QED) is 0.685. The summed E-state index contributed by atoms with van der Waals surface area (Å²) in [5, 5.41) is 10.4. The third kappa shape index (κ3) is 1.90. The van der Waals surface area contributed by atoms with Gasteiger partial charge in [0.05, 0.1) is 6.10 Å². The topological polar surface area (TPSA) is 20.2 Å². The standard InChI is InChI=1S/C19H31FO/c1-18-9-3-4-13(18)12-5-6-15-17(21)16(20)8-11-19(15,2)14(12)7-10-18/h12-17,21H,3-11H2,1-2H3/t12-,13-,14-,15-,16?,17?,18-,19+/m0/s1. The minimum atomic E-state index is -0.972. The first-order valence-electron chi connectivity index (χ1n) is 9.28. The van der Waals surface area contributed by atoms with E-state index in [1.54, 1.807) is 0 Å². The van der Waals surface area contributed by atoms with Crippen LogP contribution in [0.4, 0.5) is 4.39 Å². The molecule has 120 valence electrons. The van der Waals surface area contributed by atoms with E-state index in [0.29, 0.717) is 11.8 Å². The van der Waals surface area contributed by atoms with E-state index in [0.717, 1.165) is 30.6 Å². The molecule has 1 nitrogen and oxygen atoms in total. The number of halogens is 1. The second kappa shape index (κ2) is 4.69. The van der Waals surface area contributed by atoms with Gasteiger partial charge in [0, 0.05) is 0 Å². The van der Waals surface area contributed by atoms with Gasteiger partial charge in [0.2, 0.25) is 0 Å². The summed E-state index contributed by atoms with van der Waals surface area (Å²) in [7, 11) is 0. The molecule has 4 aliphatic carbocycles. The molecule has 2 unspecified atom stereocenters. The molecule has 4 fully saturated rings. The summed E-state index contributed by atoms with van der Waals surface area (Å²) in [5.74, 6) is 2.73. The van der Waals surface area contributed by atoms with Crippen molar-refractivity contribution >= 4 is 0 Å². The molecule has 0 aromatic carbocycles. The first kappa shape index (κ1) is 14.5. The maximum Gasteiger partial charge on any atom is 0.126 e. The number of aliphatic hydroxyl groups is 1. The lowest BCUT2D eigenvalue weighted by Gasteiger charge is -2.61. The van der Waals surface area contributed by atoms with Crippen molar-refractivity contribution in [1.82, 2.24) is 0 Å². The Morgan fingerprint density at radius 3 is 2.48 bits per heavy atom. The summed E-state index contributed by atoms with van der Waals surface area (Å²) in [6, 6.07) is 0. The van der Waals surface area contributed by atoms with Crippen LogP contribution < -0.4 is 0 Å². The second-order valence-electron chi connectivity index (χ2n) is 9.20. The minimum Gasteiger partial charge on any atom is -0.390 e. The van der Waals surface area contributed by atoms with E-state index < -0.39 is 12.3 Å². The molecule has 0 amide bonds. The van der Waals surface area contributed by atoms with Gasteiger partial charge in [-0.2, -0.15) is 0 Å². The zero-order valence-corrected chi connectivity index (χ0v) is 13.7. The Morgan fingerprint density at radius 2 is 1.67 bits per heavy atom. The summed E-state index contributed by atoms with van der Waals surface area (Å²) in [5.41, 5.74) is 0.801. The van der Waals surface area contributed by atoms with Gasteiger partial charge < -0.3 is 5.11 Å². The molecule has 0 saturated heterocycles. The first-order valence-corrected chi connectivity index (χ1v) is 9.28. The maximum atomic E-state index is 14.0. The van der Waals surface area contributed by atoms with Crippen LogP contribution in [0.15, 0.2) is 0 Å². The predicted molar refractivity (Wildman–Crippen MR) is 82.6 cm³/mol. The molecule has 0 aliphatic heterocycles. The smallest absolute Gasteiger partial charge is 0.126 e. The van der Waals surface area contributed by atoms with E-state index in [-0.39, 0.29) is 11.3 Å². The van der Waals surface area contributed by atoms with Crippen LogP contribution in [0, 0.1) is 34.5 Å². The van der Waals surface area contributed by atoms with Crippen molar-refractivity contribution in [3.05, 3.63) is 0 Å². The van der Waals surface area contributed by atoms with Crippen LogP contribution in [-0.4, -0.2) is 17.4 Å². The fraction of sp³-hybridized carbons (Fsp3) is 1.00. The average molecular weight is 294 g/mol. The van der Waals surface area contributed by atoms with Crippen LogP contribution in [0.1, 0.15) is 71.6 Å². The number of aliphatic hydroxyl groups excluding tert-OH is 1. The van der Waals surface area contributed by atoms with E-state index in [1.807, 2.05) is 0 Å². The van der Waals surface area contributed by atoms with Gasteiger partial charge in [0.1, 0.15) is 6.17 Å². The number of fused-ring (bicyclic) bond motifs is 5. The molecule has 8 atom stereocenters. The average Bonchev–Trinajstić information content (AvgIpc) is 2.85. The van der Waals surface area contributed by atoms with E-state index in [1.165, 1.54) is 38.5 Å². The van der Waals surface area contributed by atoms with Crippen molar-refractivity contribution in [2.24, 2.45) is 34.5 Å². The van der Waals surface area contributed by atoms with Gasteiger partial charge in [-0.3, -0.25) is 0 Å². The fourth-order valence-corrected chi connectivity index (χ4v) is 7.28. The Kier molecular flexibility index (Phi) is 3.24. The van der Waals surface area contributed by atoms with Crippen molar-refractivity contribution < 1.29 is 9.50 Å². The van der Waals surface area contributed by atoms with Gasteiger partial charge in [-0.15, -0.1) is 0 Å². The summed E-state index contributed by atoms with van der Waals surface area (Å²) in [4.78, 5) is 0. The molecule has 1 N–H and O–H groups in total. The lowest BCUT2D eigenvalue weighted by atomic mass is 9.45. The largest absolute Gasteiger partial charge is 0.390 e. The summed E-state index contributed by atoms with van der Waals surface area (Å²) < 4.78 is 14.0. The van der Waals surface area contributed by atoms with Gasteiger partial charge in [-0.1, -0.05) is 20.3 Å². The molecule has 4 rings (SSSR count). The summed E-state index contributed by atoms with van der Waals surface area (Å²) in [6.07, 6.45) is 9.19. The van der Waals surface area contributed by atoms with Crippen molar-refractivity contribution in [3.63, 3.8) is 0 Å². The zero-order valence-electron chi connectivity index (χ0n) is 13.7. The summed E-state index contributed by atoms with van der Waals surface area (Å²) >= 11 is 0. The highest BCUT2D eigenvalue weighted by atomic mass is 19.1. The molecule has 0 radical (unpaired) electrons. The monoisotopic (exact) mass is 294 g/mol. The third-order valence-electron chi connectivity index (χ3n) is 8.47. The first-order chi connectivity index (χ1) is 9.96. The van der Waals surface area contributed by atoms with Crippen LogP contribution in [0.3, 0.4) is 0 Å². The minimum absolute atomic E-state index is 0.203. The maximum absolute atomic E-state index is 14.0. The van der Waals surface area contributed by atoms with Gasteiger partial charge in [0.15, 0.2) is 0 Å². The fourth-order valence-electron chi connectivity index (χ4n) is 7.28. The van der Waals surface area contributed by atoms with Gasteiger partial charge in [-0.25, -0.2) is 4.39 Å². The highest BCUT2D eigenvalue weighted by Gasteiger charge is 2.59. The van der Waals surface area contributed by atoms with E-state index >= 15 is 0 Å². The van der Waals surface area contributed by atoms with Gasteiger partial charge >= 0.3 is 0 Å². The lowest BCUT2D eigenvalue weighted by Crippen LogP contribution is -2.57. The number of hydrogen-bond donors (Lipinski definition) is 1. The normalized spacial score (nSPS) is 60.0. The Morgan fingerprint density at radius 1 is 0.857 bits per heavy atom. The lowest BCUT2D eigenvalue weighted by molar-refractivity contribution is -0.158. The van der Waals surface area contributed by atoms with Crippen molar-refractivity contribution in [3.8, 4) is 0 Å². The van der Waals surface area contributed by atoms with Crippen molar-refractivity contribution in [2.45, 2.75) is 83.9 Å². The van der Waals surface area contributed by atoms with Crippen molar-refractivity contribution in [1.29, 1.82) is 0 Å². The molecule has 4 saturated carbocycles. The molecule has 21 heavy (non-hydrogen) atoms. The van der Waals surface area contributed by atoms with Crippen LogP contribution >= 0.6 is 0 Å². The molecule has 0 aromatic heterocycles. The zero-order chi connectivity index (χ0) is 14.8. The number of alkyl halides is 1. The van der Waals surface area contributed by atoms with Crippen LogP contribution in [-0.2, 0) is 0 Å². The Bertz CT molecular complexity index is 424. The molecule has 0 bridgehead atoms. The highest BCUT2D eigenvalue weighted by Crippen LogP contribution is 2.66. The Labute approximate surface area is 128 Å². The molecule has 0 aromatic rings. The Balaban J connectivity index is 1.64. The number of rotatable bonds is 0. The van der Waals surface area contributed by atoms with E-state index in [4.69, 9.17) is 0 Å². The second-order valence-corrected chi connectivity index (χ2v) is 9.20. The molecule has 0 heterocycles. The van der Waals surface area contributed by atoms with Crippen LogP contribution in [0.5, 0.6) is 0 Å². The SMILES string of the molecule is C[C@@]12CCC[C@H]1[C@@H]1CC[C@H]3C(O)C(F)CC[C@]3(C)[C@H]1CC2. The molecule has 2 heteroatoms. The van der Waals surface area contributed by atoms with E-state index in [9.17, 15) is 9.50 Å². The summed E-state index contributed by atoms with van der Waals surface area (Å²) in [6.45, 7) is 4.92. The molecule has 0 spiro atoms. The van der Waals surface area contributed by atoms with Gasteiger partial charge in [-0.05, 0) is 85.9 Å². The van der Waals surface area contributed by atoms with Crippen LogP contribution in [0.2, 0.25) is 0 Å². The molecular formula is C19H31FO. The number of hydrogen-bond acceptors (Lipinski definition) is 1. The Hall–Kier alpha value is -0.110. The molecule has 4 aliphatic rings. The van der Waals surface area contributed by atoms with E-state index in [2.05, 4.69) is 13.8 Å². The predicted octanol–water partition coefficient (Wildman–Crippen LogP) is 4.73. The van der Waals surface area contributed by atoms with Gasteiger partial charge in [0.25, 0.3) is 0 Å².